The molecule has 0 bridgehead atoms. The summed E-state index contributed by atoms with van der Waals surface area (Å²) in [4.78, 5) is 20.8. The molecule has 4 aromatic rings. The lowest BCUT2D eigenvalue weighted by Crippen LogP contribution is -2.30. The predicted molar refractivity (Wildman–Crippen MR) is 109 cm³/mol. The van der Waals surface area contributed by atoms with Crippen molar-refractivity contribution in [3.63, 3.8) is 0 Å². The SMILES string of the molecule is Cc1nc(-c2cccc(NC(=O)NCCc3coc(-c4ccc(F)cc4)n3)c2)n[nH]1. The smallest absolute Gasteiger partial charge is 0.319 e. The summed E-state index contributed by atoms with van der Waals surface area (Å²) in [5.74, 6) is 1.38. The van der Waals surface area contributed by atoms with E-state index in [4.69, 9.17) is 4.42 Å². The summed E-state index contributed by atoms with van der Waals surface area (Å²) in [6, 6.07) is 12.9. The van der Waals surface area contributed by atoms with Gasteiger partial charge in [-0.1, -0.05) is 12.1 Å². The van der Waals surface area contributed by atoms with E-state index in [1.807, 2.05) is 19.1 Å². The topological polar surface area (TPSA) is 109 Å². The highest BCUT2D eigenvalue weighted by Crippen LogP contribution is 2.20. The summed E-state index contributed by atoms with van der Waals surface area (Å²) < 4.78 is 18.4. The molecule has 152 valence electrons. The Bertz CT molecular complexity index is 1150. The molecule has 9 heteroatoms. The second kappa shape index (κ2) is 8.56. The van der Waals surface area contributed by atoms with E-state index in [1.165, 1.54) is 18.4 Å². The number of oxazole rings is 1. The van der Waals surface area contributed by atoms with Crippen molar-refractivity contribution in [1.29, 1.82) is 0 Å². The lowest BCUT2D eigenvalue weighted by molar-refractivity contribution is 0.252. The maximum atomic E-state index is 13.0. The van der Waals surface area contributed by atoms with Crippen LogP contribution in [0, 0.1) is 12.7 Å². The molecule has 0 aliphatic heterocycles. The van der Waals surface area contributed by atoms with Gasteiger partial charge in [-0.05, 0) is 43.3 Å². The van der Waals surface area contributed by atoms with Crippen molar-refractivity contribution in [2.45, 2.75) is 13.3 Å². The van der Waals surface area contributed by atoms with Crippen LogP contribution < -0.4 is 10.6 Å². The summed E-state index contributed by atoms with van der Waals surface area (Å²) in [6.07, 6.45) is 2.02. The Morgan fingerprint density at radius 3 is 2.73 bits per heavy atom. The number of aromatic amines is 1. The summed E-state index contributed by atoms with van der Waals surface area (Å²) in [7, 11) is 0. The fraction of sp³-hybridized carbons (Fsp3) is 0.143. The first-order chi connectivity index (χ1) is 14.6. The maximum Gasteiger partial charge on any atom is 0.319 e. The molecular formula is C21H19FN6O2. The molecule has 4 rings (SSSR count). The highest BCUT2D eigenvalue weighted by molar-refractivity contribution is 5.89. The third kappa shape index (κ3) is 4.69. The van der Waals surface area contributed by atoms with E-state index in [2.05, 4.69) is 30.8 Å². The van der Waals surface area contributed by atoms with Gasteiger partial charge in [-0.2, -0.15) is 5.10 Å². The van der Waals surface area contributed by atoms with Crippen molar-refractivity contribution in [2.75, 3.05) is 11.9 Å². The number of hydrogen-bond donors (Lipinski definition) is 3. The van der Waals surface area contributed by atoms with E-state index in [1.54, 1.807) is 24.3 Å². The molecule has 2 aromatic heterocycles. The van der Waals surface area contributed by atoms with Crippen LogP contribution in [0.5, 0.6) is 0 Å². The number of urea groups is 1. The van der Waals surface area contributed by atoms with Crippen LogP contribution >= 0.6 is 0 Å². The van der Waals surface area contributed by atoms with Gasteiger partial charge in [0.1, 0.15) is 17.9 Å². The van der Waals surface area contributed by atoms with Crippen LogP contribution in [0.1, 0.15) is 11.5 Å². The average Bonchev–Trinajstić information content (AvgIpc) is 3.38. The first-order valence-corrected chi connectivity index (χ1v) is 9.31. The average molecular weight is 406 g/mol. The third-order valence-electron chi connectivity index (χ3n) is 4.29. The van der Waals surface area contributed by atoms with Crippen LogP contribution in [0.2, 0.25) is 0 Å². The van der Waals surface area contributed by atoms with Gasteiger partial charge < -0.3 is 15.1 Å². The zero-order valence-corrected chi connectivity index (χ0v) is 16.1. The summed E-state index contributed by atoms with van der Waals surface area (Å²) in [5, 5.41) is 12.5. The Kier molecular flexibility index (Phi) is 5.51. The Labute approximate surface area is 171 Å². The second-order valence-corrected chi connectivity index (χ2v) is 6.61. The van der Waals surface area contributed by atoms with Gasteiger partial charge in [-0.3, -0.25) is 5.10 Å². The van der Waals surface area contributed by atoms with Gasteiger partial charge in [0.25, 0.3) is 0 Å². The molecule has 0 saturated carbocycles. The van der Waals surface area contributed by atoms with Gasteiger partial charge in [0.05, 0.1) is 5.69 Å². The van der Waals surface area contributed by atoms with Crippen molar-refractivity contribution in [2.24, 2.45) is 0 Å². The van der Waals surface area contributed by atoms with E-state index in [-0.39, 0.29) is 11.8 Å². The van der Waals surface area contributed by atoms with Crippen molar-refractivity contribution in [3.8, 4) is 22.8 Å². The minimum atomic E-state index is -0.333. The molecule has 3 N–H and O–H groups in total. The van der Waals surface area contributed by atoms with Crippen LogP contribution in [-0.4, -0.2) is 32.7 Å². The van der Waals surface area contributed by atoms with Crippen LogP contribution in [-0.2, 0) is 6.42 Å². The van der Waals surface area contributed by atoms with Gasteiger partial charge >= 0.3 is 6.03 Å². The molecule has 0 aliphatic carbocycles. The summed E-state index contributed by atoms with van der Waals surface area (Å²) in [6.45, 7) is 2.20. The van der Waals surface area contributed by atoms with E-state index >= 15 is 0 Å². The number of nitrogens with zero attached hydrogens (tertiary/aromatic N) is 3. The molecule has 2 heterocycles. The lowest BCUT2D eigenvalue weighted by Gasteiger charge is -2.07. The highest BCUT2D eigenvalue weighted by Gasteiger charge is 2.09. The zero-order valence-electron chi connectivity index (χ0n) is 16.1. The van der Waals surface area contributed by atoms with Crippen LogP contribution in [0.15, 0.2) is 59.2 Å². The molecule has 0 spiro atoms. The van der Waals surface area contributed by atoms with Gasteiger partial charge in [0, 0.05) is 29.8 Å². The zero-order chi connectivity index (χ0) is 20.9. The van der Waals surface area contributed by atoms with Crippen LogP contribution in [0.25, 0.3) is 22.8 Å². The quantitative estimate of drug-likeness (QED) is 0.449. The Morgan fingerprint density at radius 1 is 1.13 bits per heavy atom. The number of halogens is 1. The van der Waals surface area contributed by atoms with Crippen molar-refractivity contribution >= 4 is 11.7 Å². The normalized spacial score (nSPS) is 10.7. The molecule has 0 radical (unpaired) electrons. The first kappa shape index (κ1) is 19.3. The number of anilines is 1. The van der Waals surface area contributed by atoms with E-state index in [0.717, 1.165) is 11.4 Å². The minimum Gasteiger partial charge on any atom is -0.444 e. The molecule has 2 amide bonds. The van der Waals surface area contributed by atoms with E-state index in [0.29, 0.717) is 41.6 Å². The van der Waals surface area contributed by atoms with Crippen LogP contribution in [0.4, 0.5) is 14.9 Å². The highest BCUT2D eigenvalue weighted by atomic mass is 19.1. The van der Waals surface area contributed by atoms with Gasteiger partial charge in [0.15, 0.2) is 5.82 Å². The van der Waals surface area contributed by atoms with Crippen molar-refractivity contribution < 1.29 is 13.6 Å². The predicted octanol–water partition coefficient (Wildman–Crippen LogP) is 3.94. The monoisotopic (exact) mass is 406 g/mol. The summed E-state index contributed by atoms with van der Waals surface area (Å²) >= 11 is 0. The largest absolute Gasteiger partial charge is 0.444 e. The molecule has 0 fully saturated rings. The Morgan fingerprint density at radius 2 is 1.97 bits per heavy atom. The second-order valence-electron chi connectivity index (χ2n) is 6.61. The number of hydrogen-bond acceptors (Lipinski definition) is 5. The van der Waals surface area contributed by atoms with Crippen molar-refractivity contribution in [1.82, 2.24) is 25.5 Å². The van der Waals surface area contributed by atoms with E-state index < -0.39 is 0 Å². The number of rotatable bonds is 6. The van der Waals surface area contributed by atoms with Gasteiger partial charge in [-0.15, -0.1) is 0 Å². The number of benzene rings is 2. The number of nitrogens with one attached hydrogen (secondary N) is 3. The number of H-pyrrole nitrogens is 1. The molecule has 2 aromatic carbocycles. The Balaban J connectivity index is 1.29. The molecule has 0 unspecified atom stereocenters. The molecule has 0 atom stereocenters. The third-order valence-corrected chi connectivity index (χ3v) is 4.29. The minimum absolute atomic E-state index is 0.318. The first-order valence-electron chi connectivity index (χ1n) is 9.31. The molecule has 0 saturated heterocycles. The molecule has 0 aliphatic rings. The fourth-order valence-corrected chi connectivity index (χ4v) is 2.83. The lowest BCUT2D eigenvalue weighted by atomic mass is 10.2. The number of carbonyl (C=O) groups is 1. The van der Waals surface area contributed by atoms with E-state index in [9.17, 15) is 9.18 Å². The number of carbonyl (C=O) groups excluding carboxylic acids is 1. The molecule has 30 heavy (non-hydrogen) atoms. The van der Waals surface area contributed by atoms with Crippen molar-refractivity contribution in [3.05, 3.63) is 72.1 Å². The molecular weight excluding hydrogens is 387 g/mol. The van der Waals surface area contributed by atoms with Gasteiger partial charge in [-0.25, -0.2) is 19.2 Å². The maximum absolute atomic E-state index is 13.0. The number of aromatic nitrogens is 4. The summed E-state index contributed by atoms with van der Waals surface area (Å²) in [5.41, 5.74) is 2.81. The van der Waals surface area contributed by atoms with Gasteiger partial charge in [0.2, 0.25) is 5.89 Å². The standard InChI is InChI=1S/C21H19FN6O2/c1-13-24-19(28-27-13)15-3-2-4-17(11-15)26-21(29)23-10-9-18-12-30-20(25-18)14-5-7-16(22)8-6-14/h2-8,11-12H,9-10H2,1H3,(H2,23,26,29)(H,24,27,28). The number of amides is 2. The Hall–Kier alpha value is -4.01. The molecule has 8 nitrogen and oxygen atoms in total. The fourth-order valence-electron chi connectivity index (χ4n) is 2.83. The number of aryl methyl sites for hydroxylation is 1. The van der Waals surface area contributed by atoms with Crippen LogP contribution in [0.3, 0.4) is 0 Å².